The van der Waals surface area contributed by atoms with Gasteiger partial charge in [0, 0.05) is 6.42 Å². The van der Waals surface area contributed by atoms with Crippen LogP contribution < -0.4 is 5.73 Å². The molecule has 18 heavy (non-hydrogen) atoms. The standard InChI is InChI=1S/C14H27N3O/c1-6-7-12-16-13(17-18-12)14(15,8-10(2)3)9-11(4)5/h10-11H,6-9,15H2,1-5H3. The van der Waals surface area contributed by atoms with E-state index in [9.17, 15) is 0 Å². The Morgan fingerprint density at radius 3 is 2.17 bits per heavy atom. The summed E-state index contributed by atoms with van der Waals surface area (Å²) in [6.07, 6.45) is 3.60. The summed E-state index contributed by atoms with van der Waals surface area (Å²) in [7, 11) is 0. The topological polar surface area (TPSA) is 64.9 Å². The van der Waals surface area contributed by atoms with Crippen molar-refractivity contribution in [3.63, 3.8) is 0 Å². The predicted octanol–water partition coefficient (Wildman–Crippen LogP) is 3.27. The van der Waals surface area contributed by atoms with Crippen LogP contribution in [-0.4, -0.2) is 10.1 Å². The molecule has 0 atom stereocenters. The molecule has 0 radical (unpaired) electrons. The van der Waals surface area contributed by atoms with Crippen molar-refractivity contribution < 1.29 is 4.52 Å². The molecular formula is C14H27N3O. The Labute approximate surface area is 110 Å². The Kier molecular flexibility index (Phi) is 5.32. The molecule has 0 spiro atoms. The molecule has 0 unspecified atom stereocenters. The van der Waals surface area contributed by atoms with Gasteiger partial charge in [-0.3, -0.25) is 0 Å². The molecule has 4 nitrogen and oxygen atoms in total. The minimum absolute atomic E-state index is 0.460. The van der Waals surface area contributed by atoms with Crippen LogP contribution in [0.4, 0.5) is 0 Å². The van der Waals surface area contributed by atoms with Crippen LogP contribution in [-0.2, 0) is 12.0 Å². The van der Waals surface area contributed by atoms with Gasteiger partial charge >= 0.3 is 0 Å². The van der Waals surface area contributed by atoms with Crippen molar-refractivity contribution in [1.82, 2.24) is 10.1 Å². The molecule has 0 bridgehead atoms. The molecule has 104 valence electrons. The molecule has 1 rings (SSSR count). The van der Waals surface area contributed by atoms with Gasteiger partial charge in [0.05, 0.1) is 5.54 Å². The summed E-state index contributed by atoms with van der Waals surface area (Å²) >= 11 is 0. The lowest BCUT2D eigenvalue weighted by Crippen LogP contribution is -2.40. The van der Waals surface area contributed by atoms with E-state index in [4.69, 9.17) is 10.3 Å². The Hall–Kier alpha value is -0.900. The number of nitrogens with zero attached hydrogens (tertiary/aromatic N) is 2. The predicted molar refractivity (Wildman–Crippen MR) is 73.1 cm³/mol. The molecule has 1 aromatic rings. The Balaban J connectivity index is 2.92. The van der Waals surface area contributed by atoms with E-state index >= 15 is 0 Å². The minimum atomic E-state index is -0.460. The van der Waals surface area contributed by atoms with Crippen molar-refractivity contribution in [3.8, 4) is 0 Å². The largest absolute Gasteiger partial charge is 0.339 e. The lowest BCUT2D eigenvalue weighted by molar-refractivity contribution is 0.263. The maximum atomic E-state index is 6.55. The SMILES string of the molecule is CCCc1nc(C(N)(CC(C)C)CC(C)C)no1. The van der Waals surface area contributed by atoms with Gasteiger partial charge in [0.15, 0.2) is 5.82 Å². The van der Waals surface area contributed by atoms with E-state index in [-0.39, 0.29) is 0 Å². The van der Waals surface area contributed by atoms with Gasteiger partial charge in [-0.1, -0.05) is 39.8 Å². The maximum Gasteiger partial charge on any atom is 0.226 e. The van der Waals surface area contributed by atoms with Crippen LogP contribution >= 0.6 is 0 Å². The quantitative estimate of drug-likeness (QED) is 0.810. The summed E-state index contributed by atoms with van der Waals surface area (Å²) < 4.78 is 5.27. The second-order valence-electron chi connectivity index (χ2n) is 6.11. The van der Waals surface area contributed by atoms with Crippen LogP contribution in [0, 0.1) is 11.8 Å². The van der Waals surface area contributed by atoms with E-state index in [0.29, 0.717) is 23.6 Å². The monoisotopic (exact) mass is 253 g/mol. The smallest absolute Gasteiger partial charge is 0.226 e. The van der Waals surface area contributed by atoms with Crippen molar-refractivity contribution in [1.29, 1.82) is 0 Å². The van der Waals surface area contributed by atoms with Gasteiger partial charge in [-0.15, -0.1) is 0 Å². The highest BCUT2D eigenvalue weighted by molar-refractivity contribution is 5.05. The molecule has 0 saturated heterocycles. The Bertz CT molecular complexity index is 348. The highest BCUT2D eigenvalue weighted by Crippen LogP contribution is 2.30. The molecule has 0 aromatic carbocycles. The zero-order valence-electron chi connectivity index (χ0n) is 12.4. The first-order valence-electron chi connectivity index (χ1n) is 6.99. The van der Waals surface area contributed by atoms with Crippen molar-refractivity contribution in [2.24, 2.45) is 17.6 Å². The molecule has 4 heteroatoms. The van der Waals surface area contributed by atoms with Crippen LogP contribution in [0.5, 0.6) is 0 Å². The van der Waals surface area contributed by atoms with Gasteiger partial charge in [-0.05, 0) is 31.1 Å². The average molecular weight is 253 g/mol. The van der Waals surface area contributed by atoms with Gasteiger partial charge in [0.2, 0.25) is 5.89 Å². The highest BCUT2D eigenvalue weighted by atomic mass is 16.5. The first-order chi connectivity index (χ1) is 8.37. The van der Waals surface area contributed by atoms with E-state index in [2.05, 4.69) is 44.8 Å². The third-order valence-electron chi connectivity index (χ3n) is 2.92. The number of rotatable bonds is 7. The van der Waals surface area contributed by atoms with Crippen molar-refractivity contribution in [3.05, 3.63) is 11.7 Å². The third-order valence-corrected chi connectivity index (χ3v) is 2.92. The molecule has 1 heterocycles. The lowest BCUT2D eigenvalue weighted by atomic mass is 9.82. The average Bonchev–Trinajstić information content (AvgIpc) is 2.64. The molecule has 0 aliphatic carbocycles. The number of nitrogens with two attached hydrogens (primary N) is 1. The summed E-state index contributed by atoms with van der Waals surface area (Å²) in [6, 6.07) is 0. The van der Waals surface area contributed by atoms with Gasteiger partial charge in [-0.25, -0.2) is 0 Å². The van der Waals surface area contributed by atoms with Crippen LogP contribution in [0.2, 0.25) is 0 Å². The maximum absolute atomic E-state index is 6.55. The number of hydrogen-bond acceptors (Lipinski definition) is 4. The number of aromatic nitrogens is 2. The zero-order chi connectivity index (χ0) is 13.8. The minimum Gasteiger partial charge on any atom is -0.339 e. The highest BCUT2D eigenvalue weighted by Gasteiger charge is 2.34. The Morgan fingerprint density at radius 2 is 1.72 bits per heavy atom. The van der Waals surface area contributed by atoms with Crippen LogP contribution in [0.15, 0.2) is 4.52 Å². The number of aryl methyl sites for hydroxylation is 1. The van der Waals surface area contributed by atoms with E-state index < -0.39 is 5.54 Å². The third kappa shape index (κ3) is 4.09. The first kappa shape index (κ1) is 15.2. The van der Waals surface area contributed by atoms with Gasteiger partial charge < -0.3 is 10.3 Å². The Morgan fingerprint density at radius 1 is 1.17 bits per heavy atom. The summed E-state index contributed by atoms with van der Waals surface area (Å²) in [4.78, 5) is 4.48. The summed E-state index contributed by atoms with van der Waals surface area (Å²) in [6.45, 7) is 10.8. The lowest BCUT2D eigenvalue weighted by Gasteiger charge is -2.29. The fourth-order valence-electron chi connectivity index (χ4n) is 2.50. The van der Waals surface area contributed by atoms with E-state index in [1.807, 2.05) is 0 Å². The molecule has 0 aliphatic rings. The van der Waals surface area contributed by atoms with Gasteiger partial charge in [0.1, 0.15) is 0 Å². The molecule has 0 aliphatic heterocycles. The van der Waals surface area contributed by atoms with E-state index in [0.717, 1.165) is 25.7 Å². The summed E-state index contributed by atoms with van der Waals surface area (Å²) in [5, 5.41) is 4.10. The normalized spacial score (nSPS) is 12.7. The first-order valence-corrected chi connectivity index (χ1v) is 6.99. The summed E-state index contributed by atoms with van der Waals surface area (Å²) in [5.74, 6) is 2.41. The molecular weight excluding hydrogens is 226 g/mol. The fourth-order valence-corrected chi connectivity index (χ4v) is 2.50. The second-order valence-corrected chi connectivity index (χ2v) is 6.11. The van der Waals surface area contributed by atoms with Gasteiger partial charge in [-0.2, -0.15) is 4.98 Å². The molecule has 0 amide bonds. The molecule has 2 N–H and O–H groups in total. The van der Waals surface area contributed by atoms with Crippen molar-refractivity contribution in [2.45, 2.75) is 65.8 Å². The molecule has 0 fully saturated rings. The van der Waals surface area contributed by atoms with Gasteiger partial charge in [0.25, 0.3) is 0 Å². The molecule has 0 saturated carbocycles. The van der Waals surface area contributed by atoms with Crippen LogP contribution in [0.1, 0.15) is 65.6 Å². The second kappa shape index (κ2) is 6.32. The zero-order valence-corrected chi connectivity index (χ0v) is 12.4. The van der Waals surface area contributed by atoms with Crippen LogP contribution in [0.25, 0.3) is 0 Å². The van der Waals surface area contributed by atoms with Crippen molar-refractivity contribution >= 4 is 0 Å². The fraction of sp³-hybridized carbons (Fsp3) is 0.857. The van der Waals surface area contributed by atoms with E-state index in [1.54, 1.807) is 0 Å². The van der Waals surface area contributed by atoms with Crippen molar-refractivity contribution in [2.75, 3.05) is 0 Å². The van der Waals surface area contributed by atoms with Crippen LogP contribution in [0.3, 0.4) is 0 Å². The van der Waals surface area contributed by atoms with E-state index in [1.165, 1.54) is 0 Å². The molecule has 1 aromatic heterocycles. The number of hydrogen-bond donors (Lipinski definition) is 1. The summed E-state index contributed by atoms with van der Waals surface area (Å²) in [5.41, 5.74) is 6.09.